The predicted octanol–water partition coefficient (Wildman–Crippen LogP) is 3.33. The lowest BCUT2D eigenvalue weighted by Gasteiger charge is -2.36. The number of piperazine rings is 1. The number of hydrogen-bond acceptors (Lipinski definition) is 5. The minimum absolute atomic E-state index is 0.998. The molecule has 0 amide bonds. The van der Waals surface area contributed by atoms with Gasteiger partial charge in [0.25, 0.3) is 0 Å². The Hall–Kier alpha value is -2.14. The molecule has 2 aromatic heterocycles. The Morgan fingerprint density at radius 3 is 2.64 bits per heavy atom. The summed E-state index contributed by atoms with van der Waals surface area (Å²) in [4.78, 5) is 13.7. The number of aromatic nitrogens is 2. The van der Waals surface area contributed by atoms with E-state index in [0.29, 0.717) is 0 Å². The summed E-state index contributed by atoms with van der Waals surface area (Å²) in [5, 5.41) is 2.09. The molecule has 3 aromatic rings. The van der Waals surface area contributed by atoms with E-state index in [4.69, 9.17) is 0 Å². The van der Waals surface area contributed by atoms with Crippen molar-refractivity contribution in [1.82, 2.24) is 9.97 Å². The average Bonchev–Trinajstić information content (AvgIpc) is 3.04. The maximum Gasteiger partial charge on any atom is 0.150 e. The molecule has 4 nitrogen and oxygen atoms in total. The van der Waals surface area contributed by atoms with E-state index in [1.807, 2.05) is 0 Å². The van der Waals surface area contributed by atoms with Gasteiger partial charge in [0.2, 0.25) is 0 Å². The first-order valence-electron chi connectivity index (χ1n) is 7.56. The van der Waals surface area contributed by atoms with Crippen molar-refractivity contribution in [2.45, 2.75) is 6.92 Å². The number of anilines is 2. The number of fused-ring (bicyclic) bond motifs is 1. The van der Waals surface area contributed by atoms with Crippen LogP contribution in [0.1, 0.15) is 5.56 Å². The molecule has 1 aliphatic heterocycles. The molecule has 22 heavy (non-hydrogen) atoms. The van der Waals surface area contributed by atoms with Gasteiger partial charge in [-0.05, 0) is 36.1 Å². The van der Waals surface area contributed by atoms with Crippen LogP contribution in [0.25, 0.3) is 10.2 Å². The van der Waals surface area contributed by atoms with E-state index in [2.05, 4.69) is 62.4 Å². The zero-order valence-corrected chi connectivity index (χ0v) is 13.4. The fraction of sp³-hybridized carbons (Fsp3) is 0.294. The minimum atomic E-state index is 0.998. The molecule has 0 radical (unpaired) electrons. The van der Waals surface area contributed by atoms with Gasteiger partial charge in [0.1, 0.15) is 12.1 Å². The normalized spacial score (nSPS) is 15.5. The average molecular weight is 310 g/mol. The summed E-state index contributed by atoms with van der Waals surface area (Å²) in [6.45, 7) is 6.20. The molecule has 1 aromatic carbocycles. The van der Waals surface area contributed by atoms with Crippen LogP contribution in [0.5, 0.6) is 0 Å². The van der Waals surface area contributed by atoms with Crippen molar-refractivity contribution < 1.29 is 0 Å². The molecule has 1 fully saturated rings. The largest absolute Gasteiger partial charge is 0.368 e. The van der Waals surface area contributed by atoms with Crippen LogP contribution in [0.2, 0.25) is 0 Å². The summed E-state index contributed by atoms with van der Waals surface area (Å²) >= 11 is 1.73. The highest BCUT2D eigenvalue weighted by Crippen LogP contribution is 2.29. The third-order valence-corrected chi connectivity index (χ3v) is 5.07. The molecule has 0 aliphatic carbocycles. The summed E-state index contributed by atoms with van der Waals surface area (Å²) in [6, 6.07) is 10.8. The van der Waals surface area contributed by atoms with Gasteiger partial charge >= 0.3 is 0 Å². The number of hydrogen-bond donors (Lipinski definition) is 0. The lowest BCUT2D eigenvalue weighted by molar-refractivity contribution is 0.649. The highest BCUT2D eigenvalue weighted by molar-refractivity contribution is 7.17. The Morgan fingerprint density at radius 2 is 1.82 bits per heavy atom. The molecule has 5 heteroatoms. The predicted molar refractivity (Wildman–Crippen MR) is 93.0 cm³/mol. The summed E-state index contributed by atoms with van der Waals surface area (Å²) in [5.74, 6) is 1.09. The van der Waals surface area contributed by atoms with Crippen LogP contribution < -0.4 is 9.80 Å². The zero-order chi connectivity index (χ0) is 14.9. The second-order valence-corrected chi connectivity index (χ2v) is 6.56. The maximum atomic E-state index is 4.52. The molecule has 0 bridgehead atoms. The zero-order valence-electron chi connectivity index (χ0n) is 12.6. The molecule has 1 saturated heterocycles. The SMILES string of the molecule is Cc1cccc(N2CCN(c3ncnc4ccsc34)CC2)c1. The van der Waals surface area contributed by atoms with E-state index in [-0.39, 0.29) is 0 Å². The molecule has 4 rings (SSSR count). The summed E-state index contributed by atoms with van der Waals surface area (Å²) in [6.07, 6.45) is 1.68. The van der Waals surface area contributed by atoms with Gasteiger partial charge in [-0.3, -0.25) is 0 Å². The van der Waals surface area contributed by atoms with Crippen molar-refractivity contribution in [3.05, 3.63) is 47.6 Å². The number of benzene rings is 1. The van der Waals surface area contributed by atoms with Crippen LogP contribution in [-0.4, -0.2) is 36.1 Å². The van der Waals surface area contributed by atoms with Crippen LogP contribution in [0.4, 0.5) is 11.5 Å². The maximum absolute atomic E-state index is 4.52. The van der Waals surface area contributed by atoms with Crippen LogP contribution in [0, 0.1) is 6.92 Å². The minimum Gasteiger partial charge on any atom is -0.368 e. The molecular weight excluding hydrogens is 292 g/mol. The number of rotatable bonds is 2. The Kier molecular flexibility index (Phi) is 3.42. The topological polar surface area (TPSA) is 32.3 Å². The molecular formula is C17H18N4S. The van der Waals surface area contributed by atoms with Crippen molar-refractivity contribution in [2.75, 3.05) is 36.0 Å². The number of thiophene rings is 1. The van der Waals surface area contributed by atoms with Gasteiger partial charge in [-0.1, -0.05) is 12.1 Å². The second kappa shape index (κ2) is 5.57. The molecule has 0 unspecified atom stereocenters. The summed E-state index contributed by atoms with van der Waals surface area (Å²) in [5.41, 5.74) is 3.69. The van der Waals surface area contributed by atoms with E-state index >= 15 is 0 Å². The molecule has 112 valence electrons. The van der Waals surface area contributed by atoms with Crippen LogP contribution in [0.3, 0.4) is 0 Å². The van der Waals surface area contributed by atoms with Gasteiger partial charge in [0.15, 0.2) is 0 Å². The Balaban J connectivity index is 1.53. The van der Waals surface area contributed by atoms with Crippen molar-refractivity contribution in [2.24, 2.45) is 0 Å². The molecule has 1 aliphatic rings. The first kappa shape index (κ1) is 13.5. The third-order valence-electron chi connectivity index (χ3n) is 4.17. The number of nitrogens with zero attached hydrogens (tertiary/aromatic N) is 4. The molecule has 0 spiro atoms. The van der Waals surface area contributed by atoms with Crippen molar-refractivity contribution in [3.8, 4) is 0 Å². The lowest BCUT2D eigenvalue weighted by atomic mass is 10.2. The van der Waals surface area contributed by atoms with E-state index in [9.17, 15) is 0 Å². The third kappa shape index (κ3) is 2.41. The standard InChI is InChI=1S/C17H18N4S/c1-13-3-2-4-14(11-13)20-6-8-21(9-7-20)17-16-15(5-10-22-16)18-12-19-17/h2-5,10-12H,6-9H2,1H3. The van der Waals surface area contributed by atoms with Gasteiger partial charge in [0, 0.05) is 31.9 Å². The fourth-order valence-electron chi connectivity index (χ4n) is 3.00. The molecule has 0 atom stereocenters. The highest BCUT2D eigenvalue weighted by Gasteiger charge is 2.20. The van der Waals surface area contributed by atoms with Gasteiger partial charge < -0.3 is 9.80 Å². The van der Waals surface area contributed by atoms with Gasteiger partial charge in [-0.2, -0.15) is 0 Å². The molecule has 0 N–H and O–H groups in total. The van der Waals surface area contributed by atoms with Gasteiger partial charge in [-0.15, -0.1) is 11.3 Å². The lowest BCUT2D eigenvalue weighted by Crippen LogP contribution is -2.46. The smallest absolute Gasteiger partial charge is 0.150 e. The second-order valence-electron chi connectivity index (χ2n) is 5.65. The van der Waals surface area contributed by atoms with Crippen LogP contribution in [-0.2, 0) is 0 Å². The first-order valence-corrected chi connectivity index (χ1v) is 8.44. The monoisotopic (exact) mass is 310 g/mol. The van der Waals surface area contributed by atoms with E-state index < -0.39 is 0 Å². The highest BCUT2D eigenvalue weighted by atomic mass is 32.1. The molecule has 0 saturated carbocycles. The van der Waals surface area contributed by atoms with Crippen LogP contribution >= 0.6 is 11.3 Å². The van der Waals surface area contributed by atoms with Crippen LogP contribution in [0.15, 0.2) is 42.0 Å². The van der Waals surface area contributed by atoms with Gasteiger partial charge in [-0.25, -0.2) is 9.97 Å². The van der Waals surface area contributed by atoms with Crippen molar-refractivity contribution in [3.63, 3.8) is 0 Å². The van der Waals surface area contributed by atoms with Crippen molar-refractivity contribution >= 4 is 33.1 Å². The van der Waals surface area contributed by atoms with Crippen molar-refractivity contribution in [1.29, 1.82) is 0 Å². The van der Waals surface area contributed by atoms with E-state index in [1.54, 1.807) is 17.7 Å². The number of aryl methyl sites for hydroxylation is 1. The summed E-state index contributed by atoms with van der Waals surface area (Å²) in [7, 11) is 0. The Labute approximate surface area is 134 Å². The Bertz CT molecular complexity index is 790. The van der Waals surface area contributed by atoms with E-state index in [0.717, 1.165) is 37.5 Å². The van der Waals surface area contributed by atoms with Gasteiger partial charge in [0.05, 0.1) is 10.2 Å². The van der Waals surface area contributed by atoms with E-state index in [1.165, 1.54) is 16.0 Å². The molecule has 3 heterocycles. The quantitative estimate of drug-likeness (QED) is 0.727. The first-order chi connectivity index (χ1) is 10.8. The Morgan fingerprint density at radius 1 is 1.00 bits per heavy atom. The fourth-order valence-corrected chi connectivity index (χ4v) is 3.86. The summed E-state index contributed by atoms with van der Waals surface area (Å²) < 4.78 is 1.20.